The summed E-state index contributed by atoms with van der Waals surface area (Å²) >= 11 is 0. The van der Waals surface area contributed by atoms with Crippen LogP contribution < -0.4 is 0 Å². The highest BCUT2D eigenvalue weighted by atomic mass is 16.6. The highest BCUT2D eigenvalue weighted by Crippen LogP contribution is 2.14. The lowest BCUT2D eigenvalue weighted by Crippen LogP contribution is -2.30. The van der Waals surface area contributed by atoms with Crippen LogP contribution in [0.2, 0.25) is 0 Å². The van der Waals surface area contributed by atoms with Crippen molar-refractivity contribution < 1.29 is 28.6 Å². The fourth-order valence-corrected chi connectivity index (χ4v) is 6.89. The van der Waals surface area contributed by atoms with Crippen LogP contribution in [0.15, 0.2) is 97.2 Å². The minimum Gasteiger partial charge on any atom is -0.462 e. The van der Waals surface area contributed by atoms with Crippen LogP contribution in [0.4, 0.5) is 0 Å². The lowest BCUT2D eigenvalue weighted by atomic mass is 10.0. The summed E-state index contributed by atoms with van der Waals surface area (Å²) in [6, 6.07) is 0. The van der Waals surface area contributed by atoms with Gasteiger partial charge in [0.2, 0.25) is 0 Å². The summed E-state index contributed by atoms with van der Waals surface area (Å²) < 4.78 is 16.7. The van der Waals surface area contributed by atoms with E-state index in [9.17, 15) is 14.4 Å². The van der Waals surface area contributed by atoms with Crippen molar-refractivity contribution in [3.05, 3.63) is 97.2 Å². The number of allylic oxidation sites excluding steroid dienone is 16. The zero-order chi connectivity index (χ0) is 45.8. The molecule has 63 heavy (non-hydrogen) atoms. The molecule has 1 atom stereocenters. The first-order valence-electron chi connectivity index (χ1n) is 25.8. The number of hydrogen-bond acceptors (Lipinski definition) is 6. The number of carbonyl (C=O) groups is 3. The molecule has 1 unspecified atom stereocenters. The predicted octanol–water partition coefficient (Wildman–Crippen LogP) is 17.0. The molecule has 0 aliphatic carbocycles. The van der Waals surface area contributed by atoms with E-state index >= 15 is 0 Å². The van der Waals surface area contributed by atoms with Crippen LogP contribution in [-0.2, 0) is 28.6 Å². The molecule has 0 aromatic rings. The standard InChI is InChI=1S/C57H94O6/c1-4-7-10-13-16-19-22-25-26-27-28-29-30-33-35-38-41-44-47-50-56(59)62-53-54(63-57(60)51-48-45-42-39-36-32-24-21-18-15-12-9-6-3)52-61-55(58)49-46-43-40-37-34-31-23-20-17-14-11-8-5-2/h7,10,13,16,19,22,25-30,32-33,35-36,54H,4-6,8-9,11-12,14-15,17-18,20-21,23-24,31,34,37-53H2,1-3H3/b10-7-,16-13-,22-19-,26-25-,28-27+,30-29-,35-33-,36-32-. The van der Waals surface area contributed by atoms with Crippen LogP contribution in [0.3, 0.4) is 0 Å². The van der Waals surface area contributed by atoms with Crippen LogP contribution in [0, 0.1) is 0 Å². The Morgan fingerprint density at radius 1 is 0.333 bits per heavy atom. The molecular formula is C57H94O6. The molecule has 0 saturated heterocycles. The largest absolute Gasteiger partial charge is 0.462 e. The summed E-state index contributed by atoms with van der Waals surface area (Å²) in [7, 11) is 0. The van der Waals surface area contributed by atoms with Crippen molar-refractivity contribution >= 4 is 17.9 Å². The van der Waals surface area contributed by atoms with Gasteiger partial charge in [-0.1, -0.05) is 240 Å². The molecule has 0 aromatic heterocycles. The van der Waals surface area contributed by atoms with Crippen LogP contribution >= 0.6 is 0 Å². The number of hydrogen-bond donors (Lipinski definition) is 0. The third-order valence-corrected chi connectivity index (χ3v) is 10.8. The Kier molecular flexibility index (Phi) is 48.0. The quantitative estimate of drug-likeness (QED) is 0.0199. The van der Waals surface area contributed by atoms with Crippen molar-refractivity contribution in [2.75, 3.05) is 13.2 Å². The Morgan fingerprint density at radius 2 is 0.635 bits per heavy atom. The molecule has 0 aliphatic rings. The number of rotatable bonds is 45. The molecule has 0 heterocycles. The van der Waals surface area contributed by atoms with E-state index in [4.69, 9.17) is 14.2 Å². The Hall–Kier alpha value is -3.67. The van der Waals surface area contributed by atoms with Crippen LogP contribution in [0.25, 0.3) is 0 Å². The lowest BCUT2D eigenvalue weighted by Gasteiger charge is -2.18. The molecule has 0 bridgehead atoms. The van der Waals surface area contributed by atoms with Crippen molar-refractivity contribution in [1.29, 1.82) is 0 Å². The Balaban J connectivity index is 4.50. The van der Waals surface area contributed by atoms with Gasteiger partial charge in [0.15, 0.2) is 6.10 Å². The van der Waals surface area contributed by atoms with Gasteiger partial charge in [-0.15, -0.1) is 0 Å². The normalized spacial score (nSPS) is 12.9. The second kappa shape index (κ2) is 51.0. The van der Waals surface area contributed by atoms with Gasteiger partial charge < -0.3 is 14.2 Å². The molecule has 6 heteroatoms. The summed E-state index contributed by atoms with van der Waals surface area (Å²) in [5.41, 5.74) is 0. The molecule has 0 aromatic carbocycles. The van der Waals surface area contributed by atoms with Gasteiger partial charge in [-0.05, 0) is 64.2 Å². The molecule has 0 fully saturated rings. The third-order valence-electron chi connectivity index (χ3n) is 10.8. The van der Waals surface area contributed by atoms with Crippen LogP contribution in [0.5, 0.6) is 0 Å². The Bertz CT molecular complexity index is 1280. The summed E-state index contributed by atoms with van der Waals surface area (Å²) in [5.74, 6) is -0.962. The molecular weight excluding hydrogens is 781 g/mol. The van der Waals surface area contributed by atoms with Crippen LogP contribution in [-0.4, -0.2) is 37.2 Å². The van der Waals surface area contributed by atoms with E-state index in [0.29, 0.717) is 19.3 Å². The summed E-state index contributed by atoms with van der Waals surface area (Å²) in [6.45, 7) is 6.42. The average Bonchev–Trinajstić information content (AvgIpc) is 3.28. The highest BCUT2D eigenvalue weighted by molar-refractivity contribution is 5.71. The Morgan fingerprint density at radius 3 is 1.03 bits per heavy atom. The number of esters is 3. The molecule has 0 aliphatic heterocycles. The van der Waals surface area contributed by atoms with Gasteiger partial charge in [0.1, 0.15) is 13.2 Å². The van der Waals surface area contributed by atoms with Crippen molar-refractivity contribution in [1.82, 2.24) is 0 Å². The van der Waals surface area contributed by atoms with Crippen molar-refractivity contribution in [2.24, 2.45) is 0 Å². The molecule has 0 radical (unpaired) electrons. The van der Waals surface area contributed by atoms with E-state index in [0.717, 1.165) is 83.5 Å². The van der Waals surface area contributed by atoms with E-state index in [1.165, 1.54) is 103 Å². The van der Waals surface area contributed by atoms with E-state index in [1.54, 1.807) is 0 Å². The van der Waals surface area contributed by atoms with E-state index in [-0.39, 0.29) is 31.1 Å². The fraction of sp³-hybridized carbons (Fsp3) is 0.667. The first-order chi connectivity index (χ1) is 31.0. The third kappa shape index (κ3) is 49.2. The van der Waals surface area contributed by atoms with Gasteiger partial charge in [-0.3, -0.25) is 14.4 Å². The maximum atomic E-state index is 12.8. The highest BCUT2D eigenvalue weighted by Gasteiger charge is 2.19. The maximum Gasteiger partial charge on any atom is 0.306 e. The van der Waals surface area contributed by atoms with Gasteiger partial charge in [0.25, 0.3) is 0 Å². The van der Waals surface area contributed by atoms with Gasteiger partial charge in [0.05, 0.1) is 0 Å². The summed E-state index contributed by atoms with van der Waals surface area (Å²) in [4.78, 5) is 38.0. The smallest absolute Gasteiger partial charge is 0.306 e. The minimum absolute atomic E-state index is 0.0977. The van der Waals surface area contributed by atoms with Crippen LogP contribution in [0.1, 0.15) is 226 Å². The molecule has 358 valence electrons. The van der Waals surface area contributed by atoms with E-state index in [2.05, 4.69) is 45.1 Å². The van der Waals surface area contributed by atoms with Gasteiger partial charge >= 0.3 is 17.9 Å². The monoisotopic (exact) mass is 875 g/mol. The van der Waals surface area contributed by atoms with Gasteiger partial charge in [0, 0.05) is 19.3 Å². The van der Waals surface area contributed by atoms with E-state index in [1.807, 2.05) is 72.9 Å². The molecule has 0 spiro atoms. The van der Waals surface area contributed by atoms with Crippen molar-refractivity contribution in [2.45, 2.75) is 232 Å². The number of ether oxygens (including phenoxy) is 3. The molecule has 0 saturated carbocycles. The zero-order valence-electron chi connectivity index (χ0n) is 40.8. The van der Waals surface area contributed by atoms with Gasteiger partial charge in [-0.2, -0.15) is 0 Å². The molecule has 0 N–H and O–H groups in total. The maximum absolute atomic E-state index is 12.8. The van der Waals surface area contributed by atoms with Gasteiger partial charge in [-0.25, -0.2) is 0 Å². The SMILES string of the molecule is CC\C=C/C=C\C=C/C=C\C=C\C=C/C=C\CCCCCC(=O)OCC(COC(=O)CCCCCCCCCCCCCCC)OC(=O)CCCCC/C=C\CCCCCCCC. The zero-order valence-corrected chi connectivity index (χ0v) is 40.8. The average molecular weight is 875 g/mol. The van der Waals surface area contributed by atoms with Crippen molar-refractivity contribution in [3.8, 4) is 0 Å². The Labute approximate surface area is 387 Å². The summed E-state index contributed by atoms with van der Waals surface area (Å²) in [6.07, 6.45) is 66.7. The first-order valence-corrected chi connectivity index (χ1v) is 25.8. The lowest BCUT2D eigenvalue weighted by molar-refractivity contribution is -0.167. The second-order valence-electron chi connectivity index (χ2n) is 16.9. The molecule has 0 amide bonds. The molecule has 6 nitrogen and oxygen atoms in total. The molecule has 0 rings (SSSR count). The topological polar surface area (TPSA) is 78.9 Å². The minimum atomic E-state index is -0.803. The number of carbonyl (C=O) groups excluding carboxylic acids is 3. The van der Waals surface area contributed by atoms with E-state index < -0.39 is 6.10 Å². The van der Waals surface area contributed by atoms with Crippen molar-refractivity contribution in [3.63, 3.8) is 0 Å². The summed E-state index contributed by atoms with van der Waals surface area (Å²) in [5, 5.41) is 0. The predicted molar refractivity (Wildman–Crippen MR) is 270 cm³/mol. The number of unbranched alkanes of at least 4 members (excludes halogenated alkanes) is 24. The fourth-order valence-electron chi connectivity index (χ4n) is 6.89. The second-order valence-corrected chi connectivity index (χ2v) is 16.9. The first kappa shape index (κ1) is 59.3.